The maximum Gasteiger partial charge on any atom is 0.222 e. The fraction of sp³-hybridized carbons (Fsp3) is 0.833. The van der Waals surface area contributed by atoms with E-state index in [-0.39, 0.29) is 11.9 Å². The van der Waals surface area contributed by atoms with Crippen molar-refractivity contribution in [1.82, 2.24) is 4.90 Å². The van der Waals surface area contributed by atoms with Crippen LogP contribution in [-0.4, -0.2) is 28.9 Å². The molecule has 1 unspecified atom stereocenters. The van der Waals surface area contributed by atoms with Gasteiger partial charge < -0.3 is 10.6 Å². The number of nitrogens with two attached hydrogens (primary N) is 1. The molecule has 1 aliphatic rings. The van der Waals surface area contributed by atoms with Crippen molar-refractivity contribution in [2.75, 3.05) is 7.05 Å². The molecular weight excluding hydrogens is 220 g/mol. The number of thiocarbonyl (C=S) groups is 1. The van der Waals surface area contributed by atoms with Crippen LogP contribution < -0.4 is 5.73 Å². The zero-order valence-corrected chi connectivity index (χ0v) is 11.1. The van der Waals surface area contributed by atoms with Crippen LogP contribution in [0, 0.1) is 5.92 Å². The van der Waals surface area contributed by atoms with Crippen LogP contribution in [0.15, 0.2) is 0 Å². The number of rotatable bonds is 5. The third kappa shape index (κ3) is 3.74. The molecule has 0 bridgehead atoms. The number of amides is 1. The largest absolute Gasteiger partial charge is 0.392 e. The summed E-state index contributed by atoms with van der Waals surface area (Å²) >= 11 is 4.89. The first kappa shape index (κ1) is 13.4. The van der Waals surface area contributed by atoms with Crippen LogP contribution in [-0.2, 0) is 4.79 Å². The highest BCUT2D eigenvalue weighted by molar-refractivity contribution is 7.80. The van der Waals surface area contributed by atoms with Crippen molar-refractivity contribution in [2.45, 2.75) is 51.5 Å². The van der Waals surface area contributed by atoms with E-state index in [9.17, 15) is 4.79 Å². The van der Waals surface area contributed by atoms with Gasteiger partial charge in [0.2, 0.25) is 5.91 Å². The van der Waals surface area contributed by atoms with Gasteiger partial charge in [0.05, 0.1) is 11.0 Å². The number of nitrogens with zero attached hydrogens (tertiary/aromatic N) is 1. The Morgan fingerprint density at radius 2 is 2.06 bits per heavy atom. The van der Waals surface area contributed by atoms with Crippen molar-refractivity contribution in [3.8, 4) is 0 Å². The topological polar surface area (TPSA) is 46.3 Å². The van der Waals surface area contributed by atoms with Gasteiger partial charge in [0.1, 0.15) is 0 Å². The summed E-state index contributed by atoms with van der Waals surface area (Å²) in [6.07, 6.45) is 6.90. The van der Waals surface area contributed by atoms with Crippen LogP contribution in [0.25, 0.3) is 0 Å². The predicted octanol–water partition coefficient (Wildman–Crippen LogP) is 2.09. The molecule has 0 saturated heterocycles. The molecule has 16 heavy (non-hydrogen) atoms. The van der Waals surface area contributed by atoms with Gasteiger partial charge in [-0.15, -0.1) is 0 Å². The van der Waals surface area contributed by atoms with Crippen LogP contribution in [0.3, 0.4) is 0 Å². The van der Waals surface area contributed by atoms with E-state index in [2.05, 4.69) is 0 Å². The second-order valence-electron chi connectivity index (χ2n) is 4.77. The molecule has 1 fully saturated rings. The van der Waals surface area contributed by atoms with Crippen LogP contribution in [0.2, 0.25) is 0 Å². The van der Waals surface area contributed by atoms with Gasteiger partial charge in [-0.1, -0.05) is 37.9 Å². The Bertz CT molecular complexity index is 262. The Balaban J connectivity index is 2.30. The quantitative estimate of drug-likeness (QED) is 0.751. The second-order valence-corrected chi connectivity index (χ2v) is 5.24. The molecule has 0 aromatic heterocycles. The van der Waals surface area contributed by atoms with Crippen LogP contribution in [0.5, 0.6) is 0 Å². The Morgan fingerprint density at radius 3 is 2.56 bits per heavy atom. The van der Waals surface area contributed by atoms with Gasteiger partial charge >= 0.3 is 0 Å². The third-order valence-corrected chi connectivity index (χ3v) is 3.97. The Hall–Kier alpha value is -0.640. The Labute approximate surface area is 103 Å². The number of carbonyl (C=O) groups is 1. The maximum atomic E-state index is 11.9. The van der Waals surface area contributed by atoms with Crippen LogP contribution in [0.4, 0.5) is 0 Å². The van der Waals surface area contributed by atoms with Gasteiger partial charge in [-0.3, -0.25) is 4.79 Å². The molecular formula is C12H22N2OS. The van der Waals surface area contributed by atoms with Crippen molar-refractivity contribution >= 4 is 23.1 Å². The molecule has 0 aromatic carbocycles. The van der Waals surface area contributed by atoms with E-state index in [4.69, 9.17) is 18.0 Å². The second kappa shape index (κ2) is 6.18. The molecule has 0 radical (unpaired) electrons. The Kier molecular flexibility index (Phi) is 5.19. The molecule has 1 aliphatic carbocycles. The van der Waals surface area contributed by atoms with Crippen molar-refractivity contribution < 1.29 is 4.79 Å². The van der Waals surface area contributed by atoms with E-state index in [1.165, 1.54) is 25.7 Å². The summed E-state index contributed by atoms with van der Waals surface area (Å²) in [5.74, 6) is 0.921. The van der Waals surface area contributed by atoms with E-state index in [1.807, 2.05) is 6.92 Å². The predicted molar refractivity (Wildman–Crippen MR) is 70.2 cm³/mol. The first-order valence-electron chi connectivity index (χ1n) is 6.07. The molecule has 0 aromatic rings. The summed E-state index contributed by atoms with van der Waals surface area (Å²) in [5, 5.41) is 0. The van der Waals surface area contributed by atoms with E-state index in [1.54, 1.807) is 11.9 Å². The molecule has 4 heteroatoms. The standard InChI is InChI=1S/C12H22N2OS/c1-9(12(13)16)14(2)11(15)8-7-10-5-3-4-6-10/h9-10H,3-8H2,1-2H3,(H2,13,16). The van der Waals surface area contributed by atoms with Crippen molar-refractivity contribution in [2.24, 2.45) is 11.7 Å². The molecule has 92 valence electrons. The number of hydrogen-bond acceptors (Lipinski definition) is 2. The van der Waals surface area contributed by atoms with Crippen LogP contribution in [0.1, 0.15) is 45.4 Å². The highest BCUT2D eigenvalue weighted by Crippen LogP contribution is 2.28. The lowest BCUT2D eigenvalue weighted by Crippen LogP contribution is -2.42. The average Bonchev–Trinajstić information content (AvgIpc) is 2.76. The van der Waals surface area contributed by atoms with Gasteiger partial charge in [0.15, 0.2) is 0 Å². The van der Waals surface area contributed by atoms with Crippen molar-refractivity contribution in [1.29, 1.82) is 0 Å². The van der Waals surface area contributed by atoms with Crippen molar-refractivity contribution in [3.63, 3.8) is 0 Å². The molecule has 1 atom stereocenters. The minimum atomic E-state index is -0.133. The summed E-state index contributed by atoms with van der Waals surface area (Å²) in [6.45, 7) is 1.87. The minimum Gasteiger partial charge on any atom is -0.392 e. The molecule has 0 aliphatic heterocycles. The summed E-state index contributed by atoms with van der Waals surface area (Å²) in [4.78, 5) is 13.9. The minimum absolute atomic E-state index is 0.133. The normalized spacial score (nSPS) is 18.4. The lowest BCUT2D eigenvalue weighted by molar-refractivity contribution is -0.130. The summed E-state index contributed by atoms with van der Waals surface area (Å²) < 4.78 is 0. The molecule has 3 nitrogen and oxygen atoms in total. The van der Waals surface area contributed by atoms with E-state index in [0.29, 0.717) is 11.4 Å². The smallest absolute Gasteiger partial charge is 0.222 e. The summed E-state index contributed by atoms with van der Waals surface area (Å²) in [7, 11) is 1.78. The van der Waals surface area contributed by atoms with E-state index in [0.717, 1.165) is 12.3 Å². The van der Waals surface area contributed by atoms with Crippen molar-refractivity contribution in [3.05, 3.63) is 0 Å². The highest BCUT2D eigenvalue weighted by atomic mass is 32.1. The monoisotopic (exact) mass is 242 g/mol. The van der Waals surface area contributed by atoms with Gasteiger partial charge in [0.25, 0.3) is 0 Å². The van der Waals surface area contributed by atoms with E-state index >= 15 is 0 Å². The summed E-state index contributed by atoms with van der Waals surface area (Å²) in [5.41, 5.74) is 5.53. The van der Waals surface area contributed by atoms with E-state index < -0.39 is 0 Å². The molecule has 1 rings (SSSR count). The molecule has 0 spiro atoms. The number of likely N-dealkylation sites (N-methyl/N-ethyl adjacent to an activating group) is 1. The average molecular weight is 242 g/mol. The zero-order chi connectivity index (χ0) is 12.1. The van der Waals surface area contributed by atoms with Gasteiger partial charge in [0, 0.05) is 13.5 Å². The molecule has 0 heterocycles. The molecule has 1 saturated carbocycles. The number of hydrogen-bond donors (Lipinski definition) is 1. The van der Waals surface area contributed by atoms with Crippen LogP contribution >= 0.6 is 12.2 Å². The fourth-order valence-corrected chi connectivity index (χ4v) is 2.37. The SMILES string of the molecule is CC(C(N)=S)N(C)C(=O)CCC1CCCC1. The maximum absolute atomic E-state index is 11.9. The lowest BCUT2D eigenvalue weighted by Gasteiger charge is -2.24. The summed E-state index contributed by atoms with van der Waals surface area (Å²) in [6, 6.07) is -0.133. The first-order valence-corrected chi connectivity index (χ1v) is 6.48. The van der Waals surface area contributed by atoms with Gasteiger partial charge in [-0.2, -0.15) is 0 Å². The highest BCUT2D eigenvalue weighted by Gasteiger charge is 2.20. The molecule has 1 amide bonds. The lowest BCUT2D eigenvalue weighted by atomic mass is 10.0. The fourth-order valence-electron chi connectivity index (χ4n) is 2.21. The first-order chi connectivity index (χ1) is 7.52. The van der Waals surface area contributed by atoms with Gasteiger partial charge in [-0.25, -0.2) is 0 Å². The Morgan fingerprint density at radius 1 is 1.50 bits per heavy atom. The zero-order valence-electron chi connectivity index (χ0n) is 10.2. The number of carbonyl (C=O) groups excluding carboxylic acids is 1. The third-order valence-electron chi connectivity index (χ3n) is 3.63. The molecule has 2 N–H and O–H groups in total. The van der Waals surface area contributed by atoms with Gasteiger partial charge in [-0.05, 0) is 19.3 Å².